The lowest BCUT2D eigenvalue weighted by atomic mass is 9.88. The number of halogens is 1. The molecule has 0 aliphatic heterocycles. The number of nitro groups is 1. The summed E-state index contributed by atoms with van der Waals surface area (Å²) >= 11 is 0. The quantitative estimate of drug-likeness (QED) is 0.170. The van der Waals surface area contributed by atoms with E-state index >= 15 is 0 Å². The zero-order valence-electron chi connectivity index (χ0n) is 19.6. The summed E-state index contributed by atoms with van der Waals surface area (Å²) in [6.45, 7) is 3.22. The van der Waals surface area contributed by atoms with Crippen LogP contribution >= 0.6 is 0 Å². The third-order valence-electron chi connectivity index (χ3n) is 6.19. The first kappa shape index (κ1) is 24.1. The smallest absolute Gasteiger partial charge is 0.270 e. The van der Waals surface area contributed by atoms with Crippen LogP contribution in [0.15, 0.2) is 79.0 Å². The number of unbranched alkanes of at least 4 members (excludes halogenated alkanes) is 1. The molecular weight excluding hydrogens is 445 g/mol. The lowest BCUT2D eigenvalue weighted by Gasteiger charge is -2.17. The number of nitro benzene ring substituents is 1. The van der Waals surface area contributed by atoms with Gasteiger partial charge in [-0.1, -0.05) is 55.8 Å². The van der Waals surface area contributed by atoms with E-state index in [2.05, 4.69) is 16.8 Å². The molecule has 4 rings (SSSR count). The van der Waals surface area contributed by atoms with Gasteiger partial charge in [0.25, 0.3) is 5.69 Å². The average Bonchev–Trinajstić information content (AvgIpc) is 3.21. The predicted octanol–water partition coefficient (Wildman–Crippen LogP) is 6.18. The maximum Gasteiger partial charge on any atom is 0.270 e. The molecule has 180 valence electrons. The summed E-state index contributed by atoms with van der Waals surface area (Å²) in [4.78, 5) is 24.0. The molecular formula is C28H28FN3O3. The normalized spacial score (nSPS) is 11.9. The first-order valence-electron chi connectivity index (χ1n) is 11.8. The number of nitrogens with one attached hydrogen (secondary N) is 1. The molecule has 7 heteroatoms. The van der Waals surface area contributed by atoms with Crippen molar-refractivity contribution in [1.82, 2.24) is 9.88 Å². The third-order valence-corrected chi connectivity index (χ3v) is 6.19. The molecule has 0 saturated carbocycles. The van der Waals surface area contributed by atoms with E-state index in [0.717, 1.165) is 35.0 Å². The fourth-order valence-corrected chi connectivity index (χ4v) is 4.38. The Bertz CT molecular complexity index is 1320. The van der Waals surface area contributed by atoms with E-state index in [0.29, 0.717) is 18.5 Å². The van der Waals surface area contributed by atoms with E-state index in [9.17, 15) is 19.3 Å². The number of benzene rings is 3. The predicted molar refractivity (Wildman–Crippen MR) is 135 cm³/mol. The standard InChI is InChI=1S/C28H28FN3O3/c1-2-3-15-30-28(33)17-24(21-9-11-22(29)12-10-21)26-19-31(18-20-7-5-4-6-8-20)27-14-13-23(32(34)35)16-25(26)27/h4-14,16,19,24H,2-3,15,17-18H2,1H3,(H,30,33). The summed E-state index contributed by atoms with van der Waals surface area (Å²) in [6.07, 6.45) is 3.98. The Hall–Kier alpha value is -4.00. The summed E-state index contributed by atoms with van der Waals surface area (Å²) in [5.41, 5.74) is 3.50. The van der Waals surface area contributed by atoms with E-state index in [1.165, 1.54) is 18.2 Å². The van der Waals surface area contributed by atoms with E-state index in [4.69, 9.17) is 0 Å². The maximum atomic E-state index is 13.7. The number of hydrogen-bond donors (Lipinski definition) is 1. The van der Waals surface area contributed by atoms with E-state index in [1.807, 2.05) is 36.5 Å². The molecule has 4 aromatic rings. The first-order valence-corrected chi connectivity index (χ1v) is 11.8. The Balaban J connectivity index is 1.82. The first-order chi connectivity index (χ1) is 17.0. The topological polar surface area (TPSA) is 77.2 Å². The third kappa shape index (κ3) is 5.74. The maximum absolute atomic E-state index is 13.7. The highest BCUT2D eigenvalue weighted by Gasteiger charge is 2.24. The van der Waals surface area contributed by atoms with Crippen molar-refractivity contribution in [3.05, 3.63) is 112 Å². The number of amides is 1. The Morgan fingerprint density at radius 2 is 1.83 bits per heavy atom. The van der Waals surface area contributed by atoms with E-state index < -0.39 is 10.8 Å². The number of non-ortho nitro benzene ring substituents is 1. The van der Waals surface area contributed by atoms with Crippen molar-refractivity contribution in [2.24, 2.45) is 0 Å². The van der Waals surface area contributed by atoms with Crippen LogP contribution in [0.25, 0.3) is 10.9 Å². The highest BCUT2D eigenvalue weighted by molar-refractivity contribution is 5.88. The van der Waals surface area contributed by atoms with Crippen molar-refractivity contribution in [2.75, 3.05) is 6.54 Å². The van der Waals surface area contributed by atoms with E-state index in [-0.39, 0.29) is 23.8 Å². The van der Waals surface area contributed by atoms with Crippen LogP contribution in [0, 0.1) is 15.9 Å². The molecule has 0 aliphatic rings. The van der Waals surface area contributed by atoms with Gasteiger partial charge in [0, 0.05) is 54.7 Å². The van der Waals surface area contributed by atoms with Gasteiger partial charge >= 0.3 is 0 Å². The van der Waals surface area contributed by atoms with Crippen LogP contribution < -0.4 is 5.32 Å². The highest BCUT2D eigenvalue weighted by Crippen LogP contribution is 2.36. The number of carbonyl (C=O) groups excluding carboxylic acids is 1. The molecule has 1 aromatic heterocycles. The van der Waals surface area contributed by atoms with Gasteiger partial charge in [-0.25, -0.2) is 4.39 Å². The zero-order valence-corrected chi connectivity index (χ0v) is 19.6. The molecule has 1 N–H and O–H groups in total. The Kier molecular flexibility index (Phi) is 7.55. The van der Waals surface area contributed by atoms with Crippen LogP contribution in [0.4, 0.5) is 10.1 Å². The number of hydrogen-bond acceptors (Lipinski definition) is 3. The van der Waals surface area contributed by atoms with Crippen LogP contribution in [0.5, 0.6) is 0 Å². The molecule has 0 spiro atoms. The van der Waals surface area contributed by atoms with Gasteiger partial charge < -0.3 is 9.88 Å². The molecule has 35 heavy (non-hydrogen) atoms. The van der Waals surface area contributed by atoms with Gasteiger partial charge in [0.05, 0.1) is 4.92 Å². The summed E-state index contributed by atoms with van der Waals surface area (Å²) < 4.78 is 15.8. The Morgan fingerprint density at radius 3 is 2.51 bits per heavy atom. The minimum absolute atomic E-state index is 0.0125. The number of fused-ring (bicyclic) bond motifs is 1. The van der Waals surface area contributed by atoms with Gasteiger partial charge in [-0.15, -0.1) is 0 Å². The Morgan fingerprint density at radius 1 is 1.09 bits per heavy atom. The van der Waals surface area contributed by atoms with Crippen LogP contribution in [0.3, 0.4) is 0 Å². The second-order valence-electron chi connectivity index (χ2n) is 8.67. The molecule has 0 saturated heterocycles. The molecule has 1 heterocycles. The van der Waals surface area contributed by atoms with Gasteiger partial charge in [-0.3, -0.25) is 14.9 Å². The van der Waals surface area contributed by atoms with E-state index in [1.54, 1.807) is 24.3 Å². The second kappa shape index (κ2) is 11.0. The van der Waals surface area contributed by atoms with Crippen molar-refractivity contribution in [3.63, 3.8) is 0 Å². The SMILES string of the molecule is CCCCNC(=O)CC(c1ccc(F)cc1)c1cn(Cc2ccccc2)c2ccc([N+](=O)[O-])cc12. The number of aromatic nitrogens is 1. The van der Waals surface area contributed by atoms with Crippen molar-refractivity contribution < 1.29 is 14.1 Å². The van der Waals surface area contributed by atoms with Crippen molar-refractivity contribution in [1.29, 1.82) is 0 Å². The van der Waals surface area contributed by atoms with Crippen molar-refractivity contribution in [3.8, 4) is 0 Å². The molecule has 0 radical (unpaired) electrons. The number of carbonyl (C=O) groups is 1. The molecule has 0 fully saturated rings. The van der Waals surface area contributed by atoms with Gasteiger partial charge in [0.2, 0.25) is 5.91 Å². The average molecular weight is 474 g/mol. The molecule has 1 atom stereocenters. The zero-order chi connectivity index (χ0) is 24.8. The largest absolute Gasteiger partial charge is 0.356 e. The molecule has 0 bridgehead atoms. The summed E-state index contributed by atoms with van der Waals surface area (Å²) in [5, 5.41) is 15.2. The lowest BCUT2D eigenvalue weighted by Crippen LogP contribution is -2.26. The van der Waals surface area contributed by atoms with Crippen LogP contribution in [-0.2, 0) is 11.3 Å². The van der Waals surface area contributed by atoms with Crippen LogP contribution in [0.2, 0.25) is 0 Å². The van der Waals surface area contributed by atoms with Crippen molar-refractivity contribution in [2.45, 2.75) is 38.6 Å². The monoisotopic (exact) mass is 473 g/mol. The summed E-state index contributed by atoms with van der Waals surface area (Å²) in [6, 6.07) is 20.9. The van der Waals surface area contributed by atoms with Gasteiger partial charge in [-0.2, -0.15) is 0 Å². The molecule has 1 amide bonds. The minimum Gasteiger partial charge on any atom is -0.356 e. The number of nitrogens with zero attached hydrogens (tertiary/aromatic N) is 2. The molecule has 6 nitrogen and oxygen atoms in total. The van der Waals surface area contributed by atoms with Gasteiger partial charge in [0.1, 0.15) is 5.82 Å². The fourth-order valence-electron chi connectivity index (χ4n) is 4.38. The lowest BCUT2D eigenvalue weighted by molar-refractivity contribution is -0.384. The summed E-state index contributed by atoms with van der Waals surface area (Å²) in [7, 11) is 0. The number of rotatable bonds is 10. The Labute approximate surface area is 203 Å². The minimum atomic E-state index is -0.415. The van der Waals surface area contributed by atoms with Crippen molar-refractivity contribution >= 4 is 22.5 Å². The highest BCUT2D eigenvalue weighted by atomic mass is 19.1. The molecule has 1 unspecified atom stereocenters. The molecule has 3 aromatic carbocycles. The molecule has 0 aliphatic carbocycles. The van der Waals surface area contributed by atoms with Crippen LogP contribution in [0.1, 0.15) is 48.8 Å². The fraction of sp³-hybridized carbons (Fsp3) is 0.250. The van der Waals surface area contributed by atoms with Gasteiger partial charge in [0.15, 0.2) is 0 Å². The van der Waals surface area contributed by atoms with Crippen LogP contribution in [-0.4, -0.2) is 21.9 Å². The second-order valence-corrected chi connectivity index (χ2v) is 8.67. The summed E-state index contributed by atoms with van der Waals surface area (Å²) in [5.74, 6) is -0.858. The van der Waals surface area contributed by atoms with Gasteiger partial charge in [-0.05, 0) is 41.3 Å².